The van der Waals surface area contributed by atoms with Crippen LogP contribution in [0.3, 0.4) is 0 Å². The molecule has 0 fully saturated rings. The summed E-state index contributed by atoms with van der Waals surface area (Å²) >= 11 is 0. The molecule has 0 heterocycles. The first kappa shape index (κ1) is 15.3. The Kier molecular flexibility index (Phi) is 9.06. The van der Waals surface area contributed by atoms with Crippen LogP contribution in [0.1, 0.15) is 59.8 Å². The number of nitrogens with zero attached hydrogens (tertiary/aromatic N) is 1. The molecule has 3 heteroatoms. The Hall–Kier alpha value is -0.730. The van der Waals surface area contributed by atoms with Crippen molar-refractivity contribution in [1.82, 2.24) is 5.32 Å². The molecule has 0 aromatic rings. The molecular weight excluding hydrogens is 198 g/mol. The highest BCUT2D eigenvalue weighted by atomic mass is 15.1. The zero-order valence-electron chi connectivity index (χ0n) is 11.4. The predicted molar refractivity (Wildman–Crippen MR) is 72.7 cm³/mol. The number of aliphatic imine (C=N–C) groups is 1. The maximum absolute atomic E-state index is 5.79. The summed E-state index contributed by atoms with van der Waals surface area (Å²) in [7, 11) is 0. The topological polar surface area (TPSA) is 50.4 Å². The van der Waals surface area contributed by atoms with Crippen molar-refractivity contribution in [2.45, 2.75) is 65.8 Å². The number of guanidine groups is 1. The van der Waals surface area contributed by atoms with Gasteiger partial charge in [0.1, 0.15) is 0 Å². The second kappa shape index (κ2) is 9.49. The summed E-state index contributed by atoms with van der Waals surface area (Å²) in [6.07, 6.45) is 6.41. The normalized spacial score (nSPS) is 14.2. The zero-order valence-corrected chi connectivity index (χ0v) is 11.4. The number of nitrogens with one attached hydrogen (secondary N) is 1. The maximum atomic E-state index is 5.79. The standard InChI is InChI=1S/C13H29N3/c1-5-6-7-8-9-12(4)16-13(14)15-10-11(2)3/h11-12H,5-10H2,1-4H3,(H3,14,15,16). The number of hydrogen-bond donors (Lipinski definition) is 2. The number of hydrogen-bond acceptors (Lipinski definition) is 1. The minimum absolute atomic E-state index is 0.438. The van der Waals surface area contributed by atoms with Crippen LogP contribution in [0, 0.1) is 5.92 Å². The summed E-state index contributed by atoms with van der Waals surface area (Å²) < 4.78 is 0. The Morgan fingerprint density at radius 1 is 1.19 bits per heavy atom. The quantitative estimate of drug-likeness (QED) is 0.380. The second-order valence-electron chi connectivity index (χ2n) is 5.01. The fraction of sp³-hybridized carbons (Fsp3) is 0.923. The van der Waals surface area contributed by atoms with Crippen molar-refractivity contribution in [1.29, 1.82) is 0 Å². The lowest BCUT2D eigenvalue weighted by atomic mass is 10.1. The van der Waals surface area contributed by atoms with Gasteiger partial charge in [0, 0.05) is 12.6 Å². The lowest BCUT2D eigenvalue weighted by Gasteiger charge is -2.14. The van der Waals surface area contributed by atoms with Gasteiger partial charge in [0.05, 0.1) is 0 Å². The third-order valence-corrected chi connectivity index (χ3v) is 2.51. The smallest absolute Gasteiger partial charge is 0.188 e. The molecule has 1 atom stereocenters. The van der Waals surface area contributed by atoms with E-state index in [2.05, 4.69) is 38.0 Å². The van der Waals surface area contributed by atoms with Crippen molar-refractivity contribution in [2.24, 2.45) is 16.6 Å². The summed E-state index contributed by atoms with van der Waals surface area (Å²) in [4.78, 5) is 4.29. The van der Waals surface area contributed by atoms with Gasteiger partial charge in [0.15, 0.2) is 5.96 Å². The van der Waals surface area contributed by atoms with Gasteiger partial charge in [-0.3, -0.25) is 4.99 Å². The maximum Gasteiger partial charge on any atom is 0.188 e. The van der Waals surface area contributed by atoms with E-state index in [0.29, 0.717) is 17.9 Å². The molecule has 0 spiro atoms. The van der Waals surface area contributed by atoms with Gasteiger partial charge in [-0.25, -0.2) is 0 Å². The highest BCUT2D eigenvalue weighted by Gasteiger charge is 2.02. The van der Waals surface area contributed by atoms with Crippen molar-refractivity contribution >= 4 is 5.96 Å². The van der Waals surface area contributed by atoms with Crippen molar-refractivity contribution in [3.8, 4) is 0 Å². The second-order valence-corrected chi connectivity index (χ2v) is 5.01. The lowest BCUT2D eigenvalue weighted by Crippen LogP contribution is -2.38. The van der Waals surface area contributed by atoms with Crippen LogP contribution in [0.2, 0.25) is 0 Å². The van der Waals surface area contributed by atoms with E-state index < -0.39 is 0 Å². The van der Waals surface area contributed by atoms with Gasteiger partial charge >= 0.3 is 0 Å². The van der Waals surface area contributed by atoms with E-state index in [0.717, 1.165) is 6.54 Å². The monoisotopic (exact) mass is 227 g/mol. The molecule has 0 aromatic heterocycles. The largest absolute Gasteiger partial charge is 0.370 e. The molecule has 0 aliphatic carbocycles. The summed E-state index contributed by atoms with van der Waals surface area (Å²) in [6, 6.07) is 0.438. The van der Waals surface area contributed by atoms with E-state index in [9.17, 15) is 0 Å². The van der Waals surface area contributed by atoms with Crippen LogP contribution in [0.25, 0.3) is 0 Å². The predicted octanol–water partition coefficient (Wildman–Crippen LogP) is 2.91. The Labute approximate surface area is 101 Å². The molecule has 16 heavy (non-hydrogen) atoms. The Morgan fingerprint density at radius 3 is 2.44 bits per heavy atom. The van der Waals surface area contributed by atoms with E-state index in [-0.39, 0.29) is 0 Å². The third-order valence-electron chi connectivity index (χ3n) is 2.51. The highest BCUT2D eigenvalue weighted by Crippen LogP contribution is 2.04. The zero-order chi connectivity index (χ0) is 12.4. The van der Waals surface area contributed by atoms with E-state index in [4.69, 9.17) is 5.73 Å². The molecule has 0 saturated heterocycles. The third kappa shape index (κ3) is 9.81. The van der Waals surface area contributed by atoms with Crippen LogP contribution < -0.4 is 11.1 Å². The minimum atomic E-state index is 0.438. The summed E-state index contributed by atoms with van der Waals surface area (Å²) in [6.45, 7) is 9.50. The molecule has 0 aliphatic rings. The number of rotatable bonds is 8. The van der Waals surface area contributed by atoms with Crippen LogP contribution in [-0.2, 0) is 0 Å². The molecule has 0 bridgehead atoms. The van der Waals surface area contributed by atoms with Crippen LogP contribution in [-0.4, -0.2) is 18.5 Å². The van der Waals surface area contributed by atoms with Crippen molar-refractivity contribution in [2.75, 3.05) is 6.54 Å². The molecular formula is C13H29N3. The van der Waals surface area contributed by atoms with Gasteiger partial charge < -0.3 is 11.1 Å². The average Bonchev–Trinajstić information content (AvgIpc) is 2.21. The van der Waals surface area contributed by atoms with E-state index in [1.807, 2.05) is 0 Å². The molecule has 0 saturated carbocycles. The van der Waals surface area contributed by atoms with E-state index in [1.54, 1.807) is 0 Å². The van der Waals surface area contributed by atoms with Gasteiger partial charge in [-0.2, -0.15) is 0 Å². The van der Waals surface area contributed by atoms with Gasteiger partial charge in [-0.1, -0.05) is 46.5 Å². The van der Waals surface area contributed by atoms with E-state index >= 15 is 0 Å². The minimum Gasteiger partial charge on any atom is -0.370 e. The molecule has 96 valence electrons. The van der Waals surface area contributed by atoms with Gasteiger partial charge in [-0.05, 0) is 19.3 Å². The molecule has 0 aromatic carbocycles. The van der Waals surface area contributed by atoms with Crippen LogP contribution in [0.5, 0.6) is 0 Å². The van der Waals surface area contributed by atoms with Crippen molar-refractivity contribution < 1.29 is 0 Å². The number of nitrogens with two attached hydrogens (primary N) is 1. The summed E-state index contributed by atoms with van der Waals surface area (Å²) in [5.74, 6) is 1.16. The van der Waals surface area contributed by atoms with Crippen LogP contribution in [0.4, 0.5) is 0 Å². The van der Waals surface area contributed by atoms with Crippen molar-refractivity contribution in [3.63, 3.8) is 0 Å². The molecule has 3 nitrogen and oxygen atoms in total. The molecule has 0 aliphatic heterocycles. The van der Waals surface area contributed by atoms with Crippen LogP contribution >= 0.6 is 0 Å². The Morgan fingerprint density at radius 2 is 1.88 bits per heavy atom. The fourth-order valence-corrected chi connectivity index (χ4v) is 1.53. The van der Waals surface area contributed by atoms with Gasteiger partial charge in [0.2, 0.25) is 0 Å². The Balaban J connectivity index is 3.61. The highest BCUT2D eigenvalue weighted by molar-refractivity contribution is 5.78. The first-order chi connectivity index (χ1) is 7.56. The van der Waals surface area contributed by atoms with E-state index in [1.165, 1.54) is 32.1 Å². The first-order valence-electron chi connectivity index (χ1n) is 6.62. The molecule has 0 radical (unpaired) electrons. The molecule has 0 rings (SSSR count). The molecule has 0 amide bonds. The first-order valence-corrected chi connectivity index (χ1v) is 6.62. The molecule has 3 N–H and O–H groups in total. The van der Waals surface area contributed by atoms with Crippen molar-refractivity contribution in [3.05, 3.63) is 0 Å². The Bertz CT molecular complexity index is 188. The average molecular weight is 227 g/mol. The summed E-state index contributed by atoms with van der Waals surface area (Å²) in [5, 5.41) is 3.24. The SMILES string of the molecule is CCCCCCC(C)NC(N)=NCC(C)C. The van der Waals surface area contributed by atoms with Gasteiger partial charge in [0.25, 0.3) is 0 Å². The number of unbranched alkanes of at least 4 members (excludes halogenated alkanes) is 3. The lowest BCUT2D eigenvalue weighted by molar-refractivity contribution is 0.540. The molecule has 1 unspecified atom stereocenters. The van der Waals surface area contributed by atoms with Crippen LogP contribution in [0.15, 0.2) is 4.99 Å². The summed E-state index contributed by atoms with van der Waals surface area (Å²) in [5.41, 5.74) is 5.79. The fourth-order valence-electron chi connectivity index (χ4n) is 1.53. The van der Waals surface area contributed by atoms with Gasteiger partial charge in [-0.15, -0.1) is 0 Å².